The molecular weight excluding hydrogens is 503 g/mol. The monoisotopic (exact) mass is 524 g/mol. The van der Waals surface area contributed by atoms with Gasteiger partial charge < -0.3 is 9.84 Å². The molecule has 4 rings (SSSR count). The second kappa shape index (κ2) is 9.53. The molecule has 1 aliphatic carbocycles. The van der Waals surface area contributed by atoms with Crippen molar-refractivity contribution in [3.8, 4) is 11.6 Å². The third-order valence-electron chi connectivity index (χ3n) is 5.74. The minimum atomic E-state index is -3.91. The van der Waals surface area contributed by atoms with Crippen molar-refractivity contribution in [2.24, 2.45) is 0 Å². The summed E-state index contributed by atoms with van der Waals surface area (Å²) in [6, 6.07) is 5.81. The molecule has 1 aliphatic rings. The molecule has 9 nitrogen and oxygen atoms in total. The van der Waals surface area contributed by atoms with Crippen molar-refractivity contribution in [3.63, 3.8) is 0 Å². The van der Waals surface area contributed by atoms with E-state index in [4.69, 9.17) is 33.0 Å². The molecule has 0 aliphatic heterocycles. The Balaban J connectivity index is 1.60. The number of carbonyl (C=O) groups is 1. The third-order valence-corrected chi connectivity index (χ3v) is 8.12. The summed E-state index contributed by atoms with van der Waals surface area (Å²) in [5.74, 6) is -0.483. The van der Waals surface area contributed by atoms with Gasteiger partial charge in [-0.15, -0.1) is 0 Å². The van der Waals surface area contributed by atoms with Crippen molar-refractivity contribution in [1.29, 1.82) is 0 Å². The van der Waals surface area contributed by atoms with Gasteiger partial charge in [-0.1, -0.05) is 23.2 Å². The lowest BCUT2D eigenvalue weighted by atomic mass is 9.93. The van der Waals surface area contributed by atoms with Crippen LogP contribution >= 0.6 is 23.2 Å². The van der Waals surface area contributed by atoms with Gasteiger partial charge in [0.1, 0.15) is 17.2 Å². The fraction of sp³-hybridized carbons (Fsp3) is 0.318. The fourth-order valence-corrected chi connectivity index (χ4v) is 5.73. The number of ether oxygens (including phenoxy) is 1. The molecule has 2 heterocycles. The maximum atomic E-state index is 13.4. The molecule has 1 N–H and O–H groups in total. The first-order chi connectivity index (χ1) is 16.1. The van der Waals surface area contributed by atoms with Gasteiger partial charge >= 0.3 is 5.97 Å². The van der Waals surface area contributed by atoms with Gasteiger partial charge in [0, 0.05) is 35.0 Å². The topological polar surface area (TPSA) is 115 Å². The zero-order valence-corrected chi connectivity index (χ0v) is 20.7. The number of aliphatic carboxylic acids is 1. The molecule has 12 heteroatoms. The first-order valence-corrected chi connectivity index (χ1v) is 12.6. The highest BCUT2D eigenvalue weighted by Crippen LogP contribution is 2.37. The quantitative estimate of drug-likeness (QED) is 0.484. The van der Waals surface area contributed by atoms with Crippen molar-refractivity contribution in [2.75, 3.05) is 7.05 Å². The van der Waals surface area contributed by atoms with E-state index >= 15 is 0 Å². The number of carboxylic acid groups (broad SMARTS) is 1. The SMILES string of the molecule is Cc1cc(S(=O)(=O)N(C)[C@@H]2CCCc3c2cnn3CC(=O)O)cnc1Oc1cc(Cl)ccc1Cl. The Hall–Kier alpha value is -2.66. The third kappa shape index (κ3) is 4.76. The lowest BCUT2D eigenvalue weighted by Gasteiger charge is -2.30. The number of rotatable bonds is 7. The number of benzene rings is 1. The van der Waals surface area contributed by atoms with Crippen LogP contribution in [0.1, 0.15) is 35.7 Å². The van der Waals surface area contributed by atoms with E-state index in [0.29, 0.717) is 40.6 Å². The minimum Gasteiger partial charge on any atom is -0.480 e. The molecule has 0 spiro atoms. The Morgan fingerprint density at radius 2 is 2.06 bits per heavy atom. The van der Waals surface area contributed by atoms with Crippen LogP contribution in [0.25, 0.3) is 0 Å². The predicted octanol–water partition coefficient (Wildman–Crippen LogP) is 4.47. The highest BCUT2D eigenvalue weighted by atomic mass is 35.5. The zero-order valence-electron chi connectivity index (χ0n) is 18.4. The second-order valence-corrected chi connectivity index (χ2v) is 10.8. The Morgan fingerprint density at radius 3 is 2.76 bits per heavy atom. The number of aromatic nitrogens is 3. The molecule has 0 fully saturated rings. The molecular formula is C22H22Cl2N4O5S. The van der Waals surface area contributed by atoms with Gasteiger partial charge in [-0.3, -0.25) is 9.48 Å². The van der Waals surface area contributed by atoms with Crippen LogP contribution < -0.4 is 4.74 Å². The van der Waals surface area contributed by atoms with Crippen molar-refractivity contribution in [3.05, 3.63) is 63.5 Å². The maximum absolute atomic E-state index is 13.4. The summed E-state index contributed by atoms with van der Waals surface area (Å²) in [4.78, 5) is 15.3. The highest BCUT2D eigenvalue weighted by Gasteiger charge is 2.34. The normalized spacial score (nSPS) is 15.9. The van der Waals surface area contributed by atoms with Gasteiger partial charge in [0.25, 0.3) is 0 Å². The van der Waals surface area contributed by atoms with Gasteiger partial charge in [-0.2, -0.15) is 9.40 Å². The van der Waals surface area contributed by atoms with Crippen molar-refractivity contribution in [2.45, 2.75) is 43.7 Å². The number of hydrogen-bond acceptors (Lipinski definition) is 6. The van der Waals surface area contributed by atoms with Crippen LogP contribution in [-0.2, 0) is 27.8 Å². The van der Waals surface area contributed by atoms with Crippen LogP contribution in [-0.4, -0.2) is 45.6 Å². The average molecular weight is 525 g/mol. The first-order valence-electron chi connectivity index (χ1n) is 10.4. The van der Waals surface area contributed by atoms with Crippen molar-refractivity contribution >= 4 is 39.2 Å². The van der Waals surface area contributed by atoms with Crippen molar-refractivity contribution in [1.82, 2.24) is 19.1 Å². The summed E-state index contributed by atoms with van der Waals surface area (Å²) in [5, 5.41) is 14.1. The number of fused-ring (bicyclic) bond motifs is 1. The summed E-state index contributed by atoms with van der Waals surface area (Å²) in [5.41, 5.74) is 1.97. The van der Waals surface area contributed by atoms with Crippen LogP contribution in [0, 0.1) is 6.92 Å². The van der Waals surface area contributed by atoms with E-state index in [1.165, 1.54) is 28.3 Å². The Bertz CT molecular complexity index is 1360. The predicted molar refractivity (Wildman–Crippen MR) is 126 cm³/mol. The lowest BCUT2D eigenvalue weighted by Crippen LogP contribution is -2.33. The second-order valence-electron chi connectivity index (χ2n) is 8.00. The molecule has 180 valence electrons. The molecule has 34 heavy (non-hydrogen) atoms. The largest absolute Gasteiger partial charge is 0.480 e. The Labute approximate surface area is 206 Å². The molecule has 0 bridgehead atoms. The highest BCUT2D eigenvalue weighted by molar-refractivity contribution is 7.89. The van der Waals surface area contributed by atoms with E-state index < -0.39 is 22.0 Å². The van der Waals surface area contributed by atoms with E-state index in [-0.39, 0.29) is 17.3 Å². The van der Waals surface area contributed by atoms with E-state index in [0.717, 1.165) is 11.3 Å². The number of hydrogen-bond donors (Lipinski definition) is 1. The number of pyridine rings is 1. The minimum absolute atomic E-state index is 0.0158. The van der Waals surface area contributed by atoms with Gasteiger partial charge in [-0.25, -0.2) is 13.4 Å². The van der Waals surface area contributed by atoms with Gasteiger partial charge in [-0.05, 0) is 44.4 Å². The van der Waals surface area contributed by atoms with Crippen LogP contribution in [0.3, 0.4) is 0 Å². The fourth-order valence-electron chi connectivity index (χ4n) is 4.01. The lowest BCUT2D eigenvalue weighted by molar-refractivity contribution is -0.137. The molecule has 3 aromatic rings. The summed E-state index contributed by atoms with van der Waals surface area (Å²) >= 11 is 12.1. The smallest absolute Gasteiger partial charge is 0.325 e. The van der Waals surface area contributed by atoms with Gasteiger partial charge in [0.15, 0.2) is 0 Å². The molecule has 0 amide bonds. The number of aryl methyl sites for hydroxylation is 1. The van der Waals surface area contributed by atoms with Crippen LogP contribution in [0.5, 0.6) is 11.6 Å². The molecule has 0 saturated heterocycles. The standard InChI is InChI=1S/C22H22Cl2N4O5S/c1-13-8-15(10-25-22(13)33-20-9-14(23)6-7-17(20)24)34(31,32)27(2)18-4-3-5-19-16(18)11-26-28(19)12-21(29)30/h6-11,18H,3-5,12H2,1-2H3,(H,29,30)/t18-/m1/s1. The Morgan fingerprint density at radius 1 is 1.29 bits per heavy atom. The van der Waals surface area contributed by atoms with Gasteiger partial charge in [0.2, 0.25) is 15.9 Å². The Kier molecular flexibility index (Phi) is 6.86. The molecule has 0 unspecified atom stereocenters. The average Bonchev–Trinajstić information content (AvgIpc) is 3.19. The molecule has 0 radical (unpaired) electrons. The number of sulfonamides is 1. The van der Waals surface area contributed by atoms with E-state index in [1.807, 2.05) is 0 Å². The summed E-state index contributed by atoms with van der Waals surface area (Å²) in [7, 11) is -2.40. The van der Waals surface area contributed by atoms with Crippen molar-refractivity contribution < 1.29 is 23.1 Å². The first kappa shape index (κ1) is 24.5. The molecule has 2 aromatic heterocycles. The van der Waals surface area contributed by atoms with Crippen LogP contribution in [0.2, 0.25) is 10.0 Å². The van der Waals surface area contributed by atoms with Crippen LogP contribution in [0.4, 0.5) is 0 Å². The van der Waals surface area contributed by atoms with E-state index in [9.17, 15) is 13.2 Å². The summed E-state index contributed by atoms with van der Waals surface area (Å²) < 4.78 is 35.3. The van der Waals surface area contributed by atoms with Gasteiger partial charge in [0.05, 0.1) is 23.5 Å². The zero-order chi connectivity index (χ0) is 24.6. The molecule has 1 aromatic carbocycles. The number of carboxylic acids is 1. The summed E-state index contributed by atoms with van der Waals surface area (Å²) in [6.45, 7) is 1.42. The summed E-state index contributed by atoms with van der Waals surface area (Å²) in [6.07, 6.45) is 4.76. The number of halogens is 2. The van der Waals surface area contributed by atoms with E-state index in [1.54, 1.807) is 31.3 Å². The van der Waals surface area contributed by atoms with E-state index in [2.05, 4.69) is 10.1 Å². The molecule has 0 saturated carbocycles. The van der Waals surface area contributed by atoms with Crippen LogP contribution in [0.15, 0.2) is 41.6 Å². The molecule has 1 atom stereocenters. The maximum Gasteiger partial charge on any atom is 0.325 e. The number of nitrogens with zero attached hydrogens (tertiary/aromatic N) is 4.